The molecule has 2 rings (SSSR count). The van der Waals surface area contributed by atoms with Crippen LogP contribution in [0.25, 0.3) is 0 Å². The molecule has 122 valence electrons. The molecule has 8 heteroatoms. The van der Waals surface area contributed by atoms with E-state index in [9.17, 15) is 9.59 Å². The van der Waals surface area contributed by atoms with Crippen molar-refractivity contribution in [3.8, 4) is 5.75 Å². The zero-order chi connectivity index (χ0) is 17.2. The van der Waals surface area contributed by atoms with Crippen molar-refractivity contribution in [1.29, 1.82) is 0 Å². The summed E-state index contributed by atoms with van der Waals surface area (Å²) in [6.45, 7) is 5.83. The Morgan fingerprint density at radius 1 is 1.30 bits per heavy atom. The molecule has 0 radical (unpaired) electrons. The van der Waals surface area contributed by atoms with Crippen molar-refractivity contribution in [2.75, 3.05) is 12.4 Å². The normalized spacial score (nSPS) is 11.1. The number of carboxylic acids is 1. The summed E-state index contributed by atoms with van der Waals surface area (Å²) in [5.41, 5.74) is 0.127. The van der Waals surface area contributed by atoms with E-state index in [1.165, 1.54) is 31.6 Å². The molecule has 0 unspecified atom stereocenters. The van der Waals surface area contributed by atoms with Gasteiger partial charge in [0.1, 0.15) is 17.6 Å². The van der Waals surface area contributed by atoms with Gasteiger partial charge in [0.2, 0.25) is 5.82 Å². The summed E-state index contributed by atoms with van der Waals surface area (Å²) >= 11 is 0. The molecule has 0 saturated heterocycles. The minimum atomic E-state index is -1.11. The molecule has 0 aliphatic carbocycles. The largest absolute Gasteiger partial charge is 0.496 e. The van der Waals surface area contributed by atoms with Gasteiger partial charge in [-0.25, -0.2) is 14.5 Å². The van der Waals surface area contributed by atoms with Gasteiger partial charge in [-0.3, -0.25) is 4.79 Å². The van der Waals surface area contributed by atoms with Crippen molar-refractivity contribution >= 4 is 17.6 Å². The van der Waals surface area contributed by atoms with Crippen LogP contribution in [0.5, 0.6) is 5.75 Å². The van der Waals surface area contributed by atoms with E-state index in [1.54, 1.807) is 4.68 Å². The van der Waals surface area contributed by atoms with Crippen LogP contribution in [0.4, 0.5) is 5.69 Å². The Bertz CT molecular complexity index is 746. The molecule has 8 nitrogen and oxygen atoms in total. The molecule has 2 N–H and O–H groups in total. The standard InChI is InChI=1S/C15H18N4O4/c1-15(2,3)19-8-16-12(18-19)13(20)17-9-5-6-10(14(21)22)11(7-9)23-4/h5-8H,1-4H3,(H,17,20)(H,21,22). The molecule has 2 aromatic rings. The molecule has 1 aromatic heterocycles. The van der Waals surface area contributed by atoms with E-state index < -0.39 is 11.9 Å². The fraction of sp³-hybridized carbons (Fsp3) is 0.333. The predicted molar refractivity (Wildman–Crippen MR) is 82.9 cm³/mol. The Kier molecular flexibility index (Phi) is 4.35. The molecule has 0 spiro atoms. The highest BCUT2D eigenvalue weighted by Gasteiger charge is 2.19. The van der Waals surface area contributed by atoms with Crippen LogP contribution in [0.3, 0.4) is 0 Å². The molecule has 0 aliphatic heterocycles. The molecule has 0 atom stereocenters. The number of aromatic nitrogens is 3. The van der Waals surface area contributed by atoms with Crippen LogP contribution in [0.1, 0.15) is 41.7 Å². The highest BCUT2D eigenvalue weighted by Crippen LogP contribution is 2.23. The van der Waals surface area contributed by atoms with Gasteiger partial charge in [-0.1, -0.05) is 0 Å². The van der Waals surface area contributed by atoms with Gasteiger partial charge >= 0.3 is 5.97 Å². The first-order chi connectivity index (χ1) is 10.7. The fourth-order valence-electron chi connectivity index (χ4n) is 1.82. The smallest absolute Gasteiger partial charge is 0.339 e. The lowest BCUT2D eigenvalue weighted by atomic mass is 10.1. The van der Waals surface area contributed by atoms with E-state index in [4.69, 9.17) is 9.84 Å². The molecule has 0 saturated carbocycles. The third-order valence-corrected chi connectivity index (χ3v) is 3.07. The minimum absolute atomic E-state index is 0.0145. The van der Waals surface area contributed by atoms with Crippen molar-refractivity contribution in [3.63, 3.8) is 0 Å². The number of rotatable bonds is 4. The van der Waals surface area contributed by atoms with E-state index in [0.717, 1.165) is 0 Å². The van der Waals surface area contributed by atoms with Crippen molar-refractivity contribution in [3.05, 3.63) is 35.9 Å². The molecular weight excluding hydrogens is 300 g/mol. The third kappa shape index (κ3) is 3.65. The second-order valence-electron chi connectivity index (χ2n) is 5.86. The van der Waals surface area contributed by atoms with Gasteiger partial charge in [0, 0.05) is 11.8 Å². The minimum Gasteiger partial charge on any atom is -0.496 e. The van der Waals surface area contributed by atoms with Crippen LogP contribution < -0.4 is 10.1 Å². The summed E-state index contributed by atoms with van der Waals surface area (Å²) < 4.78 is 6.61. The second-order valence-corrected chi connectivity index (χ2v) is 5.86. The number of anilines is 1. The van der Waals surface area contributed by atoms with Gasteiger partial charge in [0.15, 0.2) is 0 Å². The van der Waals surface area contributed by atoms with Crippen LogP contribution in [-0.4, -0.2) is 38.9 Å². The van der Waals surface area contributed by atoms with Crippen LogP contribution in [0.15, 0.2) is 24.5 Å². The number of carbonyl (C=O) groups excluding carboxylic acids is 1. The number of nitrogens with one attached hydrogen (secondary N) is 1. The molecule has 0 bridgehead atoms. The van der Waals surface area contributed by atoms with Crippen LogP contribution >= 0.6 is 0 Å². The molecule has 1 aromatic carbocycles. The Hall–Kier alpha value is -2.90. The van der Waals surface area contributed by atoms with E-state index in [1.807, 2.05) is 20.8 Å². The maximum atomic E-state index is 12.2. The molecule has 23 heavy (non-hydrogen) atoms. The number of benzene rings is 1. The topological polar surface area (TPSA) is 106 Å². The highest BCUT2D eigenvalue weighted by atomic mass is 16.5. The number of hydrogen-bond acceptors (Lipinski definition) is 5. The van der Waals surface area contributed by atoms with Crippen molar-refractivity contribution in [2.24, 2.45) is 0 Å². The van der Waals surface area contributed by atoms with Crippen LogP contribution in [0.2, 0.25) is 0 Å². The number of carbonyl (C=O) groups is 2. The zero-order valence-electron chi connectivity index (χ0n) is 13.3. The first kappa shape index (κ1) is 16.5. The lowest BCUT2D eigenvalue weighted by Gasteiger charge is -2.17. The zero-order valence-corrected chi connectivity index (χ0v) is 13.3. The highest BCUT2D eigenvalue weighted by molar-refractivity contribution is 6.02. The van der Waals surface area contributed by atoms with Crippen molar-refractivity contribution < 1.29 is 19.4 Å². The number of aromatic carboxylic acids is 1. The number of amides is 1. The van der Waals surface area contributed by atoms with E-state index >= 15 is 0 Å². The average molecular weight is 318 g/mol. The average Bonchev–Trinajstić information content (AvgIpc) is 2.96. The van der Waals surface area contributed by atoms with Crippen LogP contribution in [-0.2, 0) is 5.54 Å². The van der Waals surface area contributed by atoms with E-state index in [2.05, 4.69) is 15.4 Å². The van der Waals surface area contributed by atoms with Crippen molar-refractivity contribution in [1.82, 2.24) is 14.8 Å². The molecule has 0 fully saturated rings. The van der Waals surface area contributed by atoms with Crippen LogP contribution in [0, 0.1) is 0 Å². The number of methoxy groups -OCH3 is 1. The fourth-order valence-corrected chi connectivity index (χ4v) is 1.82. The monoisotopic (exact) mass is 318 g/mol. The molecule has 0 aliphatic rings. The predicted octanol–water partition coefficient (Wildman–Crippen LogP) is 1.99. The Labute approximate surface area is 133 Å². The first-order valence-corrected chi connectivity index (χ1v) is 6.87. The number of hydrogen-bond donors (Lipinski definition) is 2. The summed E-state index contributed by atoms with van der Waals surface area (Å²) in [5, 5.41) is 15.8. The van der Waals surface area contributed by atoms with Gasteiger partial charge < -0.3 is 15.2 Å². The number of nitrogens with zero attached hydrogens (tertiary/aromatic N) is 3. The maximum absolute atomic E-state index is 12.2. The lowest BCUT2D eigenvalue weighted by Crippen LogP contribution is -2.23. The summed E-state index contributed by atoms with van der Waals surface area (Å²) in [7, 11) is 1.36. The Morgan fingerprint density at radius 2 is 2.00 bits per heavy atom. The molecule has 1 heterocycles. The summed E-state index contributed by atoms with van der Waals surface area (Å²) in [6.07, 6.45) is 1.49. The van der Waals surface area contributed by atoms with Crippen molar-refractivity contribution in [2.45, 2.75) is 26.3 Å². The van der Waals surface area contributed by atoms with E-state index in [0.29, 0.717) is 5.69 Å². The Morgan fingerprint density at radius 3 is 2.52 bits per heavy atom. The number of carboxylic acid groups (broad SMARTS) is 1. The van der Waals surface area contributed by atoms with Gasteiger partial charge in [-0.2, -0.15) is 0 Å². The summed E-state index contributed by atoms with van der Waals surface area (Å²) in [4.78, 5) is 27.2. The SMILES string of the molecule is COc1cc(NC(=O)c2ncn(C(C)(C)C)n2)ccc1C(=O)O. The van der Waals surface area contributed by atoms with Gasteiger partial charge in [-0.05, 0) is 32.9 Å². The quantitative estimate of drug-likeness (QED) is 0.893. The van der Waals surface area contributed by atoms with Gasteiger partial charge in [-0.15, -0.1) is 5.10 Å². The molecule has 1 amide bonds. The molecular formula is C15H18N4O4. The number of ether oxygens (including phenoxy) is 1. The van der Waals surface area contributed by atoms with E-state index in [-0.39, 0.29) is 22.7 Å². The first-order valence-electron chi connectivity index (χ1n) is 6.87. The maximum Gasteiger partial charge on any atom is 0.339 e. The van der Waals surface area contributed by atoms with Gasteiger partial charge in [0.05, 0.1) is 12.6 Å². The summed E-state index contributed by atoms with van der Waals surface area (Å²) in [6, 6.07) is 4.27. The second kappa shape index (κ2) is 6.07. The van der Waals surface area contributed by atoms with Gasteiger partial charge in [0.25, 0.3) is 5.91 Å². The summed E-state index contributed by atoms with van der Waals surface area (Å²) in [5.74, 6) is -1.41. The lowest BCUT2D eigenvalue weighted by molar-refractivity contribution is 0.0693. The Balaban J connectivity index is 2.20. The third-order valence-electron chi connectivity index (χ3n) is 3.07.